The summed E-state index contributed by atoms with van der Waals surface area (Å²) in [7, 11) is 0. The van der Waals surface area contributed by atoms with Gasteiger partial charge in [0.1, 0.15) is 0 Å². The first-order valence-corrected chi connectivity index (χ1v) is 15.0. The second-order valence-electron chi connectivity index (χ2n) is 12.2. The van der Waals surface area contributed by atoms with Gasteiger partial charge >= 0.3 is 0 Å². The summed E-state index contributed by atoms with van der Waals surface area (Å²) in [4.78, 5) is 18.1. The number of rotatable bonds is 4. The fourth-order valence-corrected chi connectivity index (χ4v) is 8.21. The molecule has 0 unspecified atom stereocenters. The van der Waals surface area contributed by atoms with E-state index in [0.717, 1.165) is 34.0 Å². The second-order valence-corrected chi connectivity index (χ2v) is 12.2. The van der Waals surface area contributed by atoms with E-state index in [9.17, 15) is 0 Å². The summed E-state index contributed by atoms with van der Waals surface area (Å²) in [5.41, 5.74) is 5.53. The van der Waals surface area contributed by atoms with Gasteiger partial charge in [-0.2, -0.15) is 9.97 Å². The molecule has 4 bridgehead atoms. The average molecular weight is 534 g/mol. The van der Waals surface area contributed by atoms with E-state index in [4.69, 9.17) is 15.0 Å². The summed E-state index contributed by atoms with van der Waals surface area (Å²) in [5, 5.41) is 2.39. The predicted molar refractivity (Wildman–Crippen MR) is 165 cm³/mol. The zero-order valence-electron chi connectivity index (χ0n) is 22.9. The minimum atomic E-state index is 0.645. The lowest BCUT2D eigenvalue weighted by molar-refractivity contribution is 0.0900. The van der Waals surface area contributed by atoms with Crippen molar-refractivity contribution >= 4 is 27.5 Å². The van der Waals surface area contributed by atoms with Crippen LogP contribution in [0.3, 0.4) is 0 Å². The van der Waals surface area contributed by atoms with Crippen LogP contribution in [0.2, 0.25) is 0 Å². The van der Waals surface area contributed by atoms with Gasteiger partial charge in [0.2, 0.25) is 5.95 Å². The highest BCUT2D eigenvalue weighted by Crippen LogP contribution is 2.50. The molecular weight excluding hydrogens is 502 g/mol. The van der Waals surface area contributed by atoms with Crippen LogP contribution in [-0.2, 0) is 0 Å². The smallest absolute Gasteiger partial charge is 0.238 e. The highest BCUT2D eigenvalue weighted by Gasteiger charge is 2.46. The van der Waals surface area contributed by atoms with Crippen molar-refractivity contribution in [2.45, 2.75) is 44.2 Å². The van der Waals surface area contributed by atoms with E-state index in [-0.39, 0.29) is 0 Å². The molecule has 2 aromatic heterocycles. The SMILES string of the molecule is c1ccc(-c2nc(-c3cccc(N4C5CC6CC(C5)CC4C6)c3)nc(-n3c4ccccc4c4ccccc43)n2)cc1. The number of hydrogen-bond acceptors (Lipinski definition) is 4. The highest BCUT2D eigenvalue weighted by atomic mass is 15.2. The lowest BCUT2D eigenvalue weighted by Gasteiger charge is -2.57. The lowest BCUT2D eigenvalue weighted by atomic mass is 9.63. The zero-order chi connectivity index (χ0) is 26.9. The normalized spacial score (nSPS) is 23.1. The monoisotopic (exact) mass is 533 g/mol. The molecule has 6 aromatic rings. The van der Waals surface area contributed by atoms with Crippen LogP contribution in [0.25, 0.3) is 50.5 Å². The van der Waals surface area contributed by atoms with Crippen molar-refractivity contribution in [3.8, 4) is 28.7 Å². The van der Waals surface area contributed by atoms with Crippen LogP contribution in [0.15, 0.2) is 103 Å². The lowest BCUT2D eigenvalue weighted by Crippen LogP contribution is -2.58. The maximum Gasteiger partial charge on any atom is 0.238 e. The third-order valence-electron chi connectivity index (χ3n) is 9.71. The summed E-state index contributed by atoms with van der Waals surface area (Å²) >= 11 is 0. The van der Waals surface area contributed by atoms with Gasteiger partial charge in [-0.05, 0) is 68.2 Å². The molecule has 0 radical (unpaired) electrons. The molecule has 5 nitrogen and oxygen atoms in total. The number of nitrogens with zero attached hydrogens (tertiary/aromatic N) is 5. The molecule has 0 atom stereocenters. The zero-order valence-corrected chi connectivity index (χ0v) is 22.9. The predicted octanol–water partition coefficient (Wildman–Crippen LogP) is 8.07. The molecule has 0 amide bonds. The van der Waals surface area contributed by atoms with E-state index in [0.29, 0.717) is 29.7 Å². The average Bonchev–Trinajstić information content (AvgIpc) is 3.35. The van der Waals surface area contributed by atoms with Crippen LogP contribution in [0.4, 0.5) is 5.69 Å². The molecule has 41 heavy (non-hydrogen) atoms. The van der Waals surface area contributed by atoms with Crippen molar-refractivity contribution in [2.24, 2.45) is 11.8 Å². The number of para-hydroxylation sites is 2. The van der Waals surface area contributed by atoms with E-state index in [1.807, 2.05) is 18.2 Å². The van der Waals surface area contributed by atoms with E-state index in [1.54, 1.807) is 0 Å². The van der Waals surface area contributed by atoms with Crippen LogP contribution >= 0.6 is 0 Å². The van der Waals surface area contributed by atoms with Crippen molar-refractivity contribution in [1.29, 1.82) is 0 Å². The summed E-state index contributed by atoms with van der Waals surface area (Å²) in [6.07, 6.45) is 6.84. The third-order valence-corrected chi connectivity index (χ3v) is 9.71. The van der Waals surface area contributed by atoms with Crippen molar-refractivity contribution in [1.82, 2.24) is 19.5 Å². The van der Waals surface area contributed by atoms with Crippen molar-refractivity contribution in [3.63, 3.8) is 0 Å². The number of benzene rings is 4. The second kappa shape index (κ2) is 9.00. The van der Waals surface area contributed by atoms with Gasteiger partial charge in [-0.15, -0.1) is 0 Å². The standard InChI is InChI=1S/C36H31N5/c1-2-9-25(10-3-1)34-37-35(26-11-8-12-27(22-26)40-28-18-23-17-24(20-28)21-29(40)19-23)39-36(38-34)41-32-15-6-4-13-30(32)31-14-5-7-16-33(31)41/h1-16,22-24,28-29H,17-21H2. The Hall–Kier alpha value is -4.51. The Morgan fingerprint density at radius 1 is 0.512 bits per heavy atom. The Morgan fingerprint density at radius 3 is 1.73 bits per heavy atom. The Kier molecular flexibility index (Phi) is 5.10. The summed E-state index contributed by atoms with van der Waals surface area (Å²) in [6, 6.07) is 37.6. The van der Waals surface area contributed by atoms with Gasteiger partial charge in [-0.3, -0.25) is 4.57 Å². The molecule has 2 aliphatic carbocycles. The molecule has 4 aliphatic rings. The van der Waals surface area contributed by atoms with Gasteiger partial charge < -0.3 is 4.90 Å². The number of anilines is 1. The van der Waals surface area contributed by atoms with Crippen LogP contribution < -0.4 is 4.90 Å². The summed E-state index contributed by atoms with van der Waals surface area (Å²) in [5.74, 6) is 3.91. The van der Waals surface area contributed by atoms with E-state index in [1.165, 1.54) is 48.6 Å². The number of hydrogen-bond donors (Lipinski definition) is 0. The Morgan fingerprint density at radius 2 is 1.07 bits per heavy atom. The van der Waals surface area contributed by atoms with Crippen molar-refractivity contribution < 1.29 is 0 Å². The van der Waals surface area contributed by atoms with Gasteiger partial charge in [0.05, 0.1) is 11.0 Å². The minimum Gasteiger partial charge on any atom is -0.366 e. The van der Waals surface area contributed by atoms with Gasteiger partial charge in [-0.1, -0.05) is 78.9 Å². The van der Waals surface area contributed by atoms with E-state index < -0.39 is 0 Å². The van der Waals surface area contributed by atoms with Crippen LogP contribution in [0.5, 0.6) is 0 Å². The Bertz CT molecular complexity index is 1840. The summed E-state index contributed by atoms with van der Waals surface area (Å²) < 4.78 is 2.19. The molecule has 2 saturated heterocycles. The largest absolute Gasteiger partial charge is 0.366 e. The fourth-order valence-electron chi connectivity index (χ4n) is 8.21. The van der Waals surface area contributed by atoms with Crippen LogP contribution in [0.1, 0.15) is 32.1 Å². The van der Waals surface area contributed by atoms with Crippen molar-refractivity contribution in [2.75, 3.05) is 4.90 Å². The van der Waals surface area contributed by atoms with E-state index >= 15 is 0 Å². The van der Waals surface area contributed by atoms with Gasteiger partial charge in [0, 0.05) is 39.7 Å². The molecular formula is C36H31N5. The summed E-state index contributed by atoms with van der Waals surface area (Å²) in [6.45, 7) is 0. The molecule has 0 N–H and O–H groups in total. The first kappa shape index (κ1) is 23.2. The van der Waals surface area contributed by atoms with Gasteiger partial charge in [0.15, 0.2) is 11.6 Å². The quantitative estimate of drug-likeness (QED) is 0.230. The molecule has 0 spiro atoms. The maximum absolute atomic E-state index is 5.17. The Labute approximate surface area is 239 Å². The molecule has 2 saturated carbocycles. The van der Waals surface area contributed by atoms with Gasteiger partial charge in [0.25, 0.3) is 0 Å². The van der Waals surface area contributed by atoms with Crippen LogP contribution in [0, 0.1) is 11.8 Å². The number of fused-ring (bicyclic) bond motifs is 3. The number of aromatic nitrogens is 4. The van der Waals surface area contributed by atoms with E-state index in [2.05, 4.69) is 94.4 Å². The highest BCUT2D eigenvalue weighted by molar-refractivity contribution is 6.08. The Balaban J connectivity index is 1.23. The fraction of sp³-hybridized carbons (Fsp3) is 0.250. The molecule has 200 valence electrons. The number of piperidine rings is 2. The van der Waals surface area contributed by atoms with Crippen LogP contribution in [-0.4, -0.2) is 31.6 Å². The first-order valence-electron chi connectivity index (χ1n) is 15.0. The molecule has 2 aliphatic heterocycles. The van der Waals surface area contributed by atoms with Crippen molar-refractivity contribution in [3.05, 3.63) is 103 Å². The molecule has 4 fully saturated rings. The molecule has 10 rings (SSSR count). The maximum atomic E-state index is 5.17. The minimum absolute atomic E-state index is 0.645. The molecule has 4 heterocycles. The topological polar surface area (TPSA) is 46.8 Å². The van der Waals surface area contributed by atoms with Gasteiger partial charge in [-0.25, -0.2) is 4.98 Å². The molecule has 4 aromatic carbocycles. The first-order chi connectivity index (χ1) is 20.3. The molecule has 5 heteroatoms. The third kappa shape index (κ3) is 3.72.